The Kier molecular flexibility index (Phi) is 6.22. The quantitative estimate of drug-likeness (QED) is 0.414. The molecule has 37 heavy (non-hydrogen) atoms. The Morgan fingerprint density at radius 1 is 1.16 bits per heavy atom. The van der Waals surface area contributed by atoms with Gasteiger partial charge in [-0.15, -0.1) is 0 Å². The second-order valence-corrected chi connectivity index (χ2v) is 10.3. The molecule has 1 atom stereocenters. The highest BCUT2D eigenvalue weighted by atomic mass is 16.6. The molecule has 1 aliphatic heterocycles. The molecule has 0 saturated carbocycles. The molecule has 0 radical (unpaired) electrons. The summed E-state index contributed by atoms with van der Waals surface area (Å²) in [6.07, 6.45) is 4.18. The van der Waals surface area contributed by atoms with Gasteiger partial charge in [-0.25, -0.2) is 19.3 Å². The van der Waals surface area contributed by atoms with E-state index in [4.69, 9.17) is 9.47 Å². The highest BCUT2D eigenvalue weighted by Crippen LogP contribution is 2.32. The highest BCUT2D eigenvalue weighted by molar-refractivity contribution is 5.73. The zero-order chi connectivity index (χ0) is 26.3. The molecule has 0 bridgehead atoms. The number of nitrogens with zero attached hydrogens (tertiary/aromatic N) is 7. The minimum absolute atomic E-state index is 0.0251. The van der Waals surface area contributed by atoms with Crippen molar-refractivity contribution in [2.24, 2.45) is 7.05 Å². The van der Waals surface area contributed by atoms with Crippen LogP contribution >= 0.6 is 0 Å². The SMILES string of the molecule is Cc1cc(Nc2cc3cc(-c4c(OC[C@H]5CCN5C(=O)OC(C)(C)C)cnn4C)ccn3n2)nc(C)n1. The first-order valence-corrected chi connectivity index (χ1v) is 12.3. The van der Waals surface area contributed by atoms with E-state index in [0.717, 1.165) is 28.9 Å². The van der Waals surface area contributed by atoms with E-state index in [2.05, 4.69) is 25.5 Å². The molecule has 0 aliphatic carbocycles. The molecule has 5 rings (SSSR count). The van der Waals surface area contributed by atoms with Gasteiger partial charge in [-0.05, 0) is 53.2 Å². The van der Waals surface area contributed by atoms with Crippen LogP contribution in [0.1, 0.15) is 38.7 Å². The van der Waals surface area contributed by atoms with Crippen LogP contribution in [-0.2, 0) is 11.8 Å². The van der Waals surface area contributed by atoms with E-state index in [0.29, 0.717) is 36.4 Å². The fourth-order valence-corrected chi connectivity index (χ4v) is 4.33. The third kappa shape index (κ3) is 5.35. The molecule has 194 valence electrons. The number of likely N-dealkylation sites (tertiary alicyclic amines) is 1. The van der Waals surface area contributed by atoms with Crippen LogP contribution in [0.25, 0.3) is 16.8 Å². The smallest absolute Gasteiger partial charge is 0.410 e. The number of carbonyl (C=O) groups is 1. The lowest BCUT2D eigenvalue weighted by Crippen LogP contribution is -2.55. The second kappa shape index (κ2) is 9.38. The molecule has 1 fully saturated rings. The largest absolute Gasteiger partial charge is 0.487 e. The number of ether oxygens (including phenoxy) is 2. The number of amides is 1. The third-order valence-corrected chi connectivity index (χ3v) is 6.07. The van der Waals surface area contributed by atoms with Crippen molar-refractivity contribution in [3.8, 4) is 17.0 Å². The number of nitrogens with one attached hydrogen (secondary N) is 1. The molecule has 1 N–H and O–H groups in total. The summed E-state index contributed by atoms with van der Waals surface area (Å²) in [5.41, 5.74) is 3.07. The summed E-state index contributed by atoms with van der Waals surface area (Å²) >= 11 is 0. The van der Waals surface area contributed by atoms with Crippen molar-refractivity contribution < 1.29 is 14.3 Å². The van der Waals surface area contributed by atoms with E-state index >= 15 is 0 Å². The van der Waals surface area contributed by atoms with Gasteiger partial charge in [0.25, 0.3) is 0 Å². The first-order chi connectivity index (χ1) is 17.6. The van der Waals surface area contributed by atoms with Crippen LogP contribution in [0.2, 0.25) is 0 Å². The Morgan fingerprint density at radius 2 is 1.97 bits per heavy atom. The summed E-state index contributed by atoms with van der Waals surface area (Å²) < 4.78 is 15.3. The summed E-state index contributed by atoms with van der Waals surface area (Å²) in [7, 11) is 1.88. The number of rotatable bonds is 6. The molecule has 5 heterocycles. The predicted molar refractivity (Wildman–Crippen MR) is 139 cm³/mol. The molecular formula is C26H32N8O3. The summed E-state index contributed by atoms with van der Waals surface area (Å²) in [6, 6.07) is 7.83. The molecule has 1 amide bonds. The van der Waals surface area contributed by atoms with Gasteiger partial charge in [-0.2, -0.15) is 10.2 Å². The molecule has 4 aromatic rings. The average molecular weight is 505 g/mol. The molecule has 0 spiro atoms. The van der Waals surface area contributed by atoms with Gasteiger partial charge < -0.3 is 19.7 Å². The van der Waals surface area contributed by atoms with E-state index in [1.807, 2.05) is 72.1 Å². The molecule has 0 aromatic carbocycles. The van der Waals surface area contributed by atoms with Gasteiger partial charge in [-0.3, -0.25) is 4.68 Å². The van der Waals surface area contributed by atoms with E-state index in [9.17, 15) is 4.79 Å². The van der Waals surface area contributed by atoms with Gasteiger partial charge in [0.15, 0.2) is 11.6 Å². The van der Waals surface area contributed by atoms with Crippen LogP contribution in [0.3, 0.4) is 0 Å². The first-order valence-electron chi connectivity index (χ1n) is 12.3. The molecule has 11 nitrogen and oxygen atoms in total. The summed E-state index contributed by atoms with van der Waals surface area (Å²) in [4.78, 5) is 22.9. The Bertz CT molecular complexity index is 1430. The van der Waals surface area contributed by atoms with Crippen molar-refractivity contribution in [1.82, 2.24) is 34.3 Å². The topological polar surface area (TPSA) is 112 Å². The van der Waals surface area contributed by atoms with Crippen molar-refractivity contribution in [3.63, 3.8) is 0 Å². The van der Waals surface area contributed by atoms with E-state index in [-0.39, 0.29) is 12.1 Å². The molecule has 11 heteroatoms. The van der Waals surface area contributed by atoms with Gasteiger partial charge in [0.2, 0.25) is 0 Å². The fourth-order valence-electron chi connectivity index (χ4n) is 4.33. The molecule has 1 aliphatic rings. The monoisotopic (exact) mass is 504 g/mol. The van der Waals surface area contributed by atoms with Crippen LogP contribution in [0, 0.1) is 13.8 Å². The van der Waals surface area contributed by atoms with E-state index < -0.39 is 5.60 Å². The predicted octanol–water partition coefficient (Wildman–Crippen LogP) is 4.27. The highest BCUT2D eigenvalue weighted by Gasteiger charge is 2.36. The number of carbonyl (C=O) groups excluding carboxylic acids is 1. The maximum absolute atomic E-state index is 12.4. The van der Waals surface area contributed by atoms with Crippen LogP contribution in [-0.4, -0.2) is 65.2 Å². The number of pyridine rings is 1. The first kappa shape index (κ1) is 24.5. The zero-order valence-electron chi connectivity index (χ0n) is 22.0. The number of hydrogen-bond acceptors (Lipinski definition) is 8. The number of fused-ring (bicyclic) bond motifs is 1. The van der Waals surface area contributed by atoms with Crippen molar-refractivity contribution in [2.75, 3.05) is 18.5 Å². The lowest BCUT2D eigenvalue weighted by Gasteiger charge is -2.40. The summed E-state index contributed by atoms with van der Waals surface area (Å²) in [5, 5.41) is 12.3. The van der Waals surface area contributed by atoms with Crippen LogP contribution in [0.4, 0.5) is 16.4 Å². The maximum Gasteiger partial charge on any atom is 0.410 e. The third-order valence-electron chi connectivity index (χ3n) is 6.07. The second-order valence-electron chi connectivity index (χ2n) is 10.3. The standard InChI is InChI=1S/C26H32N8O3/c1-16-11-22(29-17(2)28-16)30-23-13-20-12-18(7-10-34(20)31-23)24-21(14-27-32(24)6)36-15-19-8-9-33(19)25(35)37-26(3,4)5/h7,10-14,19H,8-9,15H2,1-6H3,(H,28,29,30,31)/t19-/m1/s1. The zero-order valence-corrected chi connectivity index (χ0v) is 22.0. The van der Waals surface area contributed by atoms with Gasteiger partial charge in [0, 0.05) is 43.2 Å². The Morgan fingerprint density at radius 3 is 2.68 bits per heavy atom. The van der Waals surface area contributed by atoms with Crippen molar-refractivity contribution in [1.29, 1.82) is 0 Å². The van der Waals surface area contributed by atoms with E-state index in [1.165, 1.54) is 0 Å². The molecular weight excluding hydrogens is 472 g/mol. The lowest BCUT2D eigenvalue weighted by atomic mass is 10.1. The Labute approximate surface area is 215 Å². The Hall–Kier alpha value is -4.15. The maximum atomic E-state index is 12.4. The van der Waals surface area contributed by atoms with Crippen LogP contribution < -0.4 is 10.1 Å². The molecule has 1 saturated heterocycles. The van der Waals surface area contributed by atoms with Gasteiger partial charge in [-0.1, -0.05) is 0 Å². The van der Waals surface area contributed by atoms with Crippen molar-refractivity contribution >= 4 is 23.2 Å². The minimum Gasteiger partial charge on any atom is -0.487 e. The summed E-state index contributed by atoms with van der Waals surface area (Å²) in [5.74, 6) is 2.75. The number of aromatic nitrogens is 6. The van der Waals surface area contributed by atoms with Gasteiger partial charge >= 0.3 is 6.09 Å². The average Bonchev–Trinajstić information content (AvgIpc) is 3.32. The minimum atomic E-state index is -0.525. The number of aryl methyl sites for hydroxylation is 3. The lowest BCUT2D eigenvalue weighted by molar-refractivity contribution is -0.0141. The number of anilines is 2. The van der Waals surface area contributed by atoms with Crippen LogP contribution in [0.5, 0.6) is 5.75 Å². The normalized spacial score (nSPS) is 15.5. The Balaban J connectivity index is 1.31. The van der Waals surface area contributed by atoms with Crippen molar-refractivity contribution in [2.45, 2.75) is 52.7 Å². The summed E-state index contributed by atoms with van der Waals surface area (Å²) in [6.45, 7) is 10.4. The van der Waals surface area contributed by atoms with Crippen molar-refractivity contribution in [3.05, 3.63) is 48.2 Å². The molecule has 0 unspecified atom stereocenters. The van der Waals surface area contributed by atoms with E-state index in [1.54, 1.807) is 20.3 Å². The van der Waals surface area contributed by atoms with Gasteiger partial charge in [0.1, 0.15) is 29.5 Å². The fraction of sp³-hybridized carbons (Fsp3) is 0.423. The van der Waals surface area contributed by atoms with Gasteiger partial charge in [0.05, 0.1) is 17.8 Å². The van der Waals surface area contributed by atoms with Crippen LogP contribution in [0.15, 0.2) is 36.7 Å². The number of hydrogen-bond donors (Lipinski definition) is 1. The molecule has 4 aromatic heterocycles.